The summed E-state index contributed by atoms with van der Waals surface area (Å²) in [5.74, 6) is 0. The molecule has 5 aliphatic rings. The molecule has 2 unspecified atom stereocenters. The zero-order valence-corrected chi connectivity index (χ0v) is 52.5. The molecule has 2 atom stereocenters. The Morgan fingerprint density at radius 1 is 0.417 bits per heavy atom. The number of rotatable bonds is 5. The SMILES string of the molecule is CC(C)(C)c1ccc(N2c3cc(N4c5ccc(-c6ccccn6)cc5C5(C)CCc6ccccc6C45C)ccc3B3c4cc5c(cc4N(c4ccc(C(C)(C)C)cc4-c4ccccc4)c4cc(C(C)(C)C)cc2c43)C(C)(C)CCC5(C)C)cc1. The maximum Gasteiger partial charge on any atom is 0.252 e. The molecular formula is C79H83BN4. The van der Waals surface area contributed by atoms with Gasteiger partial charge in [0.05, 0.1) is 16.9 Å². The molecular weight excluding hydrogens is 1020 g/mol. The van der Waals surface area contributed by atoms with Gasteiger partial charge in [-0.1, -0.05) is 194 Å². The first-order chi connectivity index (χ1) is 39.8. The molecule has 14 rings (SSSR count). The highest BCUT2D eigenvalue weighted by Crippen LogP contribution is 2.65. The Bertz CT molecular complexity index is 4130. The summed E-state index contributed by atoms with van der Waals surface area (Å²) in [6, 6.07) is 69.0. The molecule has 0 bridgehead atoms. The maximum atomic E-state index is 4.89. The van der Waals surface area contributed by atoms with Gasteiger partial charge < -0.3 is 14.7 Å². The van der Waals surface area contributed by atoms with Crippen molar-refractivity contribution in [1.82, 2.24) is 4.98 Å². The fourth-order valence-electron chi connectivity index (χ4n) is 15.7. The second-order valence-corrected chi connectivity index (χ2v) is 30.2. The standard InChI is InChI=1S/C79H83BN4/c1-73(2,3)53-29-32-56(33-30-53)82-68-47-57(84-67-36-28-52(65-27-21-22-42-81-65)43-62(67)78(14)39-38-51-25-19-20-26-59(51)79(78,84)15)34-35-63(68)80-64-48-60-61(77(12,13)41-40-76(60,10)11)49-69(64)83(71-46-55(75(7,8)9)45-70(82)72(71)80)66-37-31-54(74(4,5)6)44-58(66)50-23-17-16-18-24-50/h16-37,42-49H,38-41H2,1-15H3. The van der Waals surface area contributed by atoms with Crippen LogP contribution < -0.4 is 31.1 Å². The van der Waals surface area contributed by atoms with Crippen LogP contribution in [0.3, 0.4) is 0 Å². The minimum Gasteiger partial charge on any atom is -0.330 e. The van der Waals surface area contributed by atoms with Crippen molar-refractivity contribution in [2.45, 2.75) is 168 Å². The molecule has 5 heteroatoms. The molecule has 0 amide bonds. The third-order valence-corrected chi connectivity index (χ3v) is 21.1. The smallest absolute Gasteiger partial charge is 0.252 e. The Morgan fingerprint density at radius 2 is 1.02 bits per heavy atom. The van der Waals surface area contributed by atoms with Crippen LogP contribution in [-0.2, 0) is 44.4 Å². The minimum absolute atomic E-state index is 0.00632. The Morgan fingerprint density at radius 3 is 1.70 bits per heavy atom. The van der Waals surface area contributed by atoms with Gasteiger partial charge in [0.1, 0.15) is 0 Å². The Labute approximate surface area is 502 Å². The molecule has 4 heterocycles. The fourth-order valence-corrected chi connectivity index (χ4v) is 15.7. The number of aromatic nitrogens is 1. The highest BCUT2D eigenvalue weighted by Gasteiger charge is 2.60. The van der Waals surface area contributed by atoms with Crippen LogP contribution >= 0.6 is 0 Å². The van der Waals surface area contributed by atoms with E-state index < -0.39 is 5.54 Å². The summed E-state index contributed by atoms with van der Waals surface area (Å²) in [4.78, 5) is 13.0. The van der Waals surface area contributed by atoms with E-state index >= 15 is 0 Å². The lowest BCUT2D eigenvalue weighted by atomic mass is 9.33. The van der Waals surface area contributed by atoms with E-state index in [1.807, 2.05) is 12.3 Å². The van der Waals surface area contributed by atoms with Crippen LogP contribution in [0.25, 0.3) is 22.4 Å². The van der Waals surface area contributed by atoms with E-state index in [1.54, 1.807) is 0 Å². The maximum absolute atomic E-state index is 4.89. The van der Waals surface area contributed by atoms with Crippen molar-refractivity contribution in [3.63, 3.8) is 0 Å². The monoisotopic (exact) mass is 1100 g/mol. The molecule has 422 valence electrons. The van der Waals surface area contributed by atoms with Crippen molar-refractivity contribution in [2.24, 2.45) is 0 Å². The summed E-state index contributed by atoms with van der Waals surface area (Å²) in [5, 5.41) is 0. The zero-order chi connectivity index (χ0) is 58.8. The van der Waals surface area contributed by atoms with Crippen LogP contribution in [0.15, 0.2) is 182 Å². The molecule has 0 saturated carbocycles. The first kappa shape index (κ1) is 54.3. The van der Waals surface area contributed by atoms with Crippen LogP contribution in [0.2, 0.25) is 0 Å². The minimum atomic E-state index is -0.409. The van der Waals surface area contributed by atoms with Gasteiger partial charge in [0, 0.05) is 62.6 Å². The molecule has 84 heavy (non-hydrogen) atoms. The van der Waals surface area contributed by atoms with Gasteiger partial charge in [0.15, 0.2) is 0 Å². The molecule has 1 aromatic heterocycles. The quantitative estimate of drug-likeness (QED) is 0.160. The Kier molecular flexibility index (Phi) is 11.9. The van der Waals surface area contributed by atoms with Gasteiger partial charge >= 0.3 is 0 Å². The van der Waals surface area contributed by atoms with Crippen molar-refractivity contribution in [3.8, 4) is 22.4 Å². The Hall–Kier alpha value is -7.63. The van der Waals surface area contributed by atoms with Crippen molar-refractivity contribution >= 4 is 68.6 Å². The van der Waals surface area contributed by atoms with E-state index in [-0.39, 0.29) is 39.2 Å². The first-order valence-corrected chi connectivity index (χ1v) is 31.1. The fraction of sp³-hybridized carbons (Fsp3) is 0.329. The average molecular weight is 1100 g/mol. The molecule has 8 aromatic carbocycles. The van der Waals surface area contributed by atoms with E-state index in [1.165, 1.54) is 118 Å². The summed E-state index contributed by atoms with van der Waals surface area (Å²) in [6.07, 6.45) is 6.27. The summed E-state index contributed by atoms with van der Waals surface area (Å²) in [6.45, 7) is 36.2. The molecule has 4 nitrogen and oxygen atoms in total. The van der Waals surface area contributed by atoms with Gasteiger partial charge in [0.25, 0.3) is 6.71 Å². The highest BCUT2D eigenvalue weighted by atomic mass is 15.3. The number of fused-ring (bicyclic) bond motifs is 10. The van der Waals surface area contributed by atoms with Crippen LogP contribution in [0.1, 0.15) is 168 Å². The molecule has 2 aliphatic carbocycles. The Balaban J connectivity index is 1.09. The number of pyridine rings is 1. The van der Waals surface area contributed by atoms with Gasteiger partial charge in [-0.3, -0.25) is 4.98 Å². The number of nitrogens with zero attached hydrogens (tertiary/aromatic N) is 4. The van der Waals surface area contributed by atoms with E-state index in [9.17, 15) is 0 Å². The van der Waals surface area contributed by atoms with Crippen LogP contribution in [-0.4, -0.2) is 11.7 Å². The molecule has 0 saturated heterocycles. The number of benzene rings is 8. The number of hydrogen-bond acceptors (Lipinski definition) is 4. The summed E-state index contributed by atoms with van der Waals surface area (Å²) in [5.41, 5.74) is 28.9. The second kappa shape index (κ2) is 18.4. The molecule has 0 spiro atoms. The third-order valence-electron chi connectivity index (χ3n) is 21.1. The van der Waals surface area contributed by atoms with Gasteiger partial charge in [-0.15, -0.1) is 0 Å². The first-order valence-electron chi connectivity index (χ1n) is 31.1. The third kappa shape index (κ3) is 8.10. The number of anilines is 8. The van der Waals surface area contributed by atoms with Gasteiger partial charge in [-0.05, 0) is 205 Å². The van der Waals surface area contributed by atoms with Crippen LogP contribution in [0.5, 0.6) is 0 Å². The van der Waals surface area contributed by atoms with E-state index in [4.69, 9.17) is 4.98 Å². The van der Waals surface area contributed by atoms with Gasteiger partial charge in [-0.2, -0.15) is 0 Å². The van der Waals surface area contributed by atoms with Crippen LogP contribution in [0, 0.1) is 0 Å². The normalized spacial score (nSPS) is 19.8. The van der Waals surface area contributed by atoms with Crippen molar-refractivity contribution in [2.75, 3.05) is 14.7 Å². The van der Waals surface area contributed by atoms with Crippen molar-refractivity contribution in [3.05, 3.63) is 227 Å². The van der Waals surface area contributed by atoms with Gasteiger partial charge in [0.2, 0.25) is 0 Å². The molecule has 0 N–H and O–H groups in total. The predicted molar refractivity (Wildman–Crippen MR) is 359 cm³/mol. The van der Waals surface area contributed by atoms with Crippen molar-refractivity contribution < 1.29 is 0 Å². The lowest BCUT2D eigenvalue weighted by molar-refractivity contribution is 0.245. The lowest BCUT2D eigenvalue weighted by Gasteiger charge is -2.51. The molecule has 3 aliphatic heterocycles. The number of aryl methyl sites for hydroxylation is 1. The second-order valence-electron chi connectivity index (χ2n) is 30.2. The van der Waals surface area contributed by atoms with Gasteiger partial charge in [-0.25, -0.2) is 0 Å². The van der Waals surface area contributed by atoms with E-state index in [2.05, 4.69) is 288 Å². The van der Waals surface area contributed by atoms with Crippen molar-refractivity contribution in [1.29, 1.82) is 0 Å². The number of hydrogen-bond donors (Lipinski definition) is 0. The zero-order valence-electron chi connectivity index (χ0n) is 52.5. The molecule has 0 radical (unpaired) electrons. The highest BCUT2D eigenvalue weighted by molar-refractivity contribution is 7.00. The average Bonchev–Trinajstić information content (AvgIpc) is 1.86. The molecule has 0 fully saturated rings. The largest absolute Gasteiger partial charge is 0.330 e. The molecule has 9 aromatic rings. The summed E-state index contributed by atoms with van der Waals surface area (Å²) >= 11 is 0. The van der Waals surface area contributed by atoms with Crippen LogP contribution in [0.4, 0.5) is 45.5 Å². The van der Waals surface area contributed by atoms with E-state index in [0.29, 0.717) is 0 Å². The lowest BCUT2D eigenvalue weighted by Crippen LogP contribution is -2.62. The topological polar surface area (TPSA) is 22.6 Å². The summed E-state index contributed by atoms with van der Waals surface area (Å²) < 4.78 is 0. The van der Waals surface area contributed by atoms with E-state index in [0.717, 1.165) is 36.9 Å². The summed E-state index contributed by atoms with van der Waals surface area (Å²) in [7, 11) is 0. The predicted octanol–water partition coefficient (Wildman–Crippen LogP) is 19.0.